The molecule has 0 aromatic rings. The Morgan fingerprint density at radius 2 is 1.50 bits per heavy atom. The van der Waals surface area contributed by atoms with Crippen LogP contribution < -0.4 is 0 Å². The van der Waals surface area contributed by atoms with Crippen LogP contribution in [-0.4, -0.2) is 0 Å². The zero-order chi connectivity index (χ0) is 6.97. The molecule has 2 rings (SSSR count). The van der Waals surface area contributed by atoms with E-state index in [9.17, 15) is 0 Å². The van der Waals surface area contributed by atoms with Gasteiger partial charge in [-0.25, -0.2) is 0 Å². The highest BCUT2D eigenvalue weighted by atomic mass is 14.5. The van der Waals surface area contributed by atoms with Gasteiger partial charge in [-0.3, -0.25) is 0 Å². The van der Waals surface area contributed by atoms with Crippen molar-refractivity contribution in [2.45, 2.75) is 32.6 Å². The summed E-state index contributed by atoms with van der Waals surface area (Å²) in [6.45, 7) is 2.42. The van der Waals surface area contributed by atoms with E-state index >= 15 is 0 Å². The van der Waals surface area contributed by atoms with Crippen LogP contribution in [0, 0.1) is 17.8 Å². The SMILES string of the molecule is CC1[C@H]2CC/C=C\CC[C@@H]12. The zero-order valence-electron chi connectivity index (χ0n) is 6.72. The van der Waals surface area contributed by atoms with Gasteiger partial charge in [0, 0.05) is 0 Å². The van der Waals surface area contributed by atoms with Gasteiger partial charge in [-0.15, -0.1) is 0 Å². The standard InChI is InChI=1S/C10H16/c1-8-9-6-4-2-3-5-7-10(8)9/h2-3,8-10H,4-7H2,1H3/b3-2-/t8?,9-,10+. The molecule has 0 heteroatoms. The quantitative estimate of drug-likeness (QED) is 0.449. The first-order valence-corrected chi connectivity index (χ1v) is 4.54. The van der Waals surface area contributed by atoms with Crippen LogP contribution in [0.15, 0.2) is 12.2 Å². The Morgan fingerprint density at radius 1 is 1.00 bits per heavy atom. The molecule has 0 nitrogen and oxygen atoms in total. The van der Waals surface area contributed by atoms with Gasteiger partial charge in [-0.1, -0.05) is 19.1 Å². The first-order valence-electron chi connectivity index (χ1n) is 4.54. The van der Waals surface area contributed by atoms with Gasteiger partial charge in [-0.2, -0.15) is 0 Å². The summed E-state index contributed by atoms with van der Waals surface area (Å²) in [5.74, 6) is 3.26. The molecule has 1 fully saturated rings. The second-order valence-electron chi connectivity index (χ2n) is 3.81. The van der Waals surface area contributed by atoms with Gasteiger partial charge in [0.2, 0.25) is 0 Å². The van der Waals surface area contributed by atoms with E-state index in [2.05, 4.69) is 19.1 Å². The molecule has 1 saturated carbocycles. The monoisotopic (exact) mass is 136 g/mol. The van der Waals surface area contributed by atoms with Crippen molar-refractivity contribution in [1.29, 1.82) is 0 Å². The molecule has 0 heterocycles. The summed E-state index contributed by atoms with van der Waals surface area (Å²) in [6.07, 6.45) is 10.3. The molecular weight excluding hydrogens is 120 g/mol. The number of rotatable bonds is 0. The Balaban J connectivity index is 1.94. The molecule has 0 N–H and O–H groups in total. The van der Waals surface area contributed by atoms with E-state index < -0.39 is 0 Å². The van der Waals surface area contributed by atoms with Crippen LogP contribution in [0.2, 0.25) is 0 Å². The van der Waals surface area contributed by atoms with Crippen LogP contribution in [0.5, 0.6) is 0 Å². The maximum absolute atomic E-state index is 2.42. The van der Waals surface area contributed by atoms with Crippen LogP contribution in [-0.2, 0) is 0 Å². The third-order valence-corrected chi connectivity index (χ3v) is 3.26. The summed E-state index contributed by atoms with van der Waals surface area (Å²) in [5.41, 5.74) is 0. The van der Waals surface area contributed by atoms with E-state index in [0.29, 0.717) is 0 Å². The molecule has 1 unspecified atom stereocenters. The Labute approximate surface area is 63.3 Å². The lowest BCUT2D eigenvalue weighted by molar-refractivity contribution is 0.605. The second-order valence-corrected chi connectivity index (χ2v) is 3.81. The van der Waals surface area contributed by atoms with Crippen LogP contribution >= 0.6 is 0 Å². The largest absolute Gasteiger partial charge is 0.0885 e. The van der Waals surface area contributed by atoms with E-state index in [1.807, 2.05) is 0 Å². The first-order chi connectivity index (χ1) is 4.89. The van der Waals surface area contributed by atoms with Crippen molar-refractivity contribution < 1.29 is 0 Å². The van der Waals surface area contributed by atoms with Crippen molar-refractivity contribution >= 4 is 0 Å². The number of hydrogen-bond acceptors (Lipinski definition) is 0. The van der Waals surface area contributed by atoms with Gasteiger partial charge in [0.05, 0.1) is 0 Å². The van der Waals surface area contributed by atoms with Crippen molar-refractivity contribution in [3.8, 4) is 0 Å². The third kappa shape index (κ3) is 1.00. The van der Waals surface area contributed by atoms with Crippen molar-refractivity contribution in [2.24, 2.45) is 17.8 Å². The Bertz CT molecular complexity index is 130. The highest BCUT2D eigenvalue weighted by molar-refractivity contribution is 4.99. The molecule has 10 heavy (non-hydrogen) atoms. The zero-order valence-corrected chi connectivity index (χ0v) is 6.72. The molecular formula is C10H16. The summed E-state index contributed by atoms with van der Waals surface area (Å²) < 4.78 is 0. The topological polar surface area (TPSA) is 0 Å². The molecule has 0 amide bonds. The second kappa shape index (κ2) is 2.41. The Morgan fingerprint density at radius 3 is 2.00 bits per heavy atom. The van der Waals surface area contributed by atoms with Crippen molar-refractivity contribution in [3.63, 3.8) is 0 Å². The highest BCUT2D eigenvalue weighted by Gasteiger charge is 2.44. The van der Waals surface area contributed by atoms with Gasteiger partial charge in [0.1, 0.15) is 0 Å². The van der Waals surface area contributed by atoms with Crippen LogP contribution in [0.25, 0.3) is 0 Å². The van der Waals surface area contributed by atoms with Crippen LogP contribution in [0.1, 0.15) is 32.6 Å². The summed E-state index contributed by atoms with van der Waals surface area (Å²) in [5, 5.41) is 0. The minimum Gasteiger partial charge on any atom is -0.0885 e. The van der Waals surface area contributed by atoms with Crippen molar-refractivity contribution in [3.05, 3.63) is 12.2 Å². The fraction of sp³-hybridized carbons (Fsp3) is 0.800. The molecule has 0 saturated heterocycles. The molecule has 2 aliphatic rings. The van der Waals surface area contributed by atoms with E-state index in [1.165, 1.54) is 25.7 Å². The Kier molecular flexibility index (Phi) is 1.55. The molecule has 2 aliphatic carbocycles. The fourth-order valence-corrected chi connectivity index (χ4v) is 2.40. The molecule has 0 aliphatic heterocycles. The lowest BCUT2D eigenvalue weighted by Crippen LogP contribution is -1.85. The molecule has 0 aromatic carbocycles. The number of allylic oxidation sites excluding steroid dienone is 2. The van der Waals surface area contributed by atoms with Crippen molar-refractivity contribution in [2.75, 3.05) is 0 Å². The van der Waals surface area contributed by atoms with Crippen molar-refractivity contribution in [1.82, 2.24) is 0 Å². The van der Waals surface area contributed by atoms with Gasteiger partial charge in [0.15, 0.2) is 0 Å². The number of hydrogen-bond donors (Lipinski definition) is 0. The summed E-state index contributed by atoms with van der Waals surface area (Å²) in [7, 11) is 0. The average molecular weight is 136 g/mol. The lowest BCUT2D eigenvalue weighted by Gasteiger charge is -1.99. The van der Waals surface area contributed by atoms with E-state index in [1.54, 1.807) is 0 Å². The minimum atomic E-state index is 1.06. The molecule has 0 bridgehead atoms. The number of fused-ring (bicyclic) bond motifs is 1. The smallest absolute Gasteiger partial charge is 0.0348 e. The summed E-state index contributed by atoms with van der Waals surface area (Å²) >= 11 is 0. The highest BCUT2D eigenvalue weighted by Crippen LogP contribution is 2.52. The molecule has 0 radical (unpaired) electrons. The third-order valence-electron chi connectivity index (χ3n) is 3.26. The molecule has 3 atom stereocenters. The molecule has 0 spiro atoms. The normalized spacial score (nSPS) is 48.7. The Hall–Kier alpha value is -0.260. The molecule has 56 valence electrons. The summed E-state index contributed by atoms with van der Waals surface area (Å²) in [6, 6.07) is 0. The maximum Gasteiger partial charge on any atom is -0.0348 e. The lowest BCUT2D eigenvalue weighted by atomic mass is 10.1. The minimum absolute atomic E-state index is 1.06. The fourth-order valence-electron chi connectivity index (χ4n) is 2.40. The first kappa shape index (κ1) is 6.45. The van der Waals surface area contributed by atoms with Gasteiger partial charge in [0.25, 0.3) is 0 Å². The van der Waals surface area contributed by atoms with Gasteiger partial charge >= 0.3 is 0 Å². The predicted octanol–water partition coefficient (Wildman–Crippen LogP) is 3.00. The van der Waals surface area contributed by atoms with E-state index in [-0.39, 0.29) is 0 Å². The average Bonchev–Trinajstić information content (AvgIpc) is 2.39. The van der Waals surface area contributed by atoms with E-state index in [4.69, 9.17) is 0 Å². The van der Waals surface area contributed by atoms with Crippen LogP contribution in [0.4, 0.5) is 0 Å². The maximum atomic E-state index is 2.42. The predicted molar refractivity (Wildman–Crippen MR) is 43.8 cm³/mol. The van der Waals surface area contributed by atoms with Gasteiger partial charge < -0.3 is 0 Å². The summed E-state index contributed by atoms with van der Waals surface area (Å²) in [4.78, 5) is 0. The van der Waals surface area contributed by atoms with Crippen LogP contribution in [0.3, 0.4) is 0 Å². The molecule has 0 aromatic heterocycles. The van der Waals surface area contributed by atoms with Gasteiger partial charge in [-0.05, 0) is 43.4 Å². The van der Waals surface area contributed by atoms with E-state index in [0.717, 1.165) is 17.8 Å².